The molecule has 0 bridgehead atoms. The molecule has 0 saturated carbocycles. The minimum atomic E-state index is -0.769. The van der Waals surface area contributed by atoms with Crippen LogP contribution in [0.15, 0.2) is 72.8 Å². The summed E-state index contributed by atoms with van der Waals surface area (Å²) >= 11 is 0. The van der Waals surface area contributed by atoms with E-state index in [1.165, 1.54) is 22.3 Å². The van der Waals surface area contributed by atoms with Crippen molar-refractivity contribution in [3.05, 3.63) is 101 Å². The van der Waals surface area contributed by atoms with Gasteiger partial charge in [-0.1, -0.05) is 72.3 Å². The van der Waals surface area contributed by atoms with Crippen molar-refractivity contribution in [2.45, 2.75) is 32.9 Å². The Morgan fingerprint density at radius 3 is 2.27 bits per heavy atom. The van der Waals surface area contributed by atoms with Gasteiger partial charge in [-0.05, 0) is 35.2 Å². The first-order valence-corrected chi connectivity index (χ1v) is 10.2. The van der Waals surface area contributed by atoms with E-state index in [0.29, 0.717) is 13.1 Å². The molecule has 3 aromatic carbocycles. The predicted octanol–water partition coefficient (Wildman–Crippen LogP) is 5.07. The second-order valence-electron chi connectivity index (χ2n) is 7.65. The van der Waals surface area contributed by atoms with Crippen LogP contribution in [0.5, 0.6) is 5.75 Å². The summed E-state index contributed by atoms with van der Waals surface area (Å²) in [5, 5.41) is 9.16. The van der Waals surface area contributed by atoms with Gasteiger partial charge in [0, 0.05) is 26.1 Å². The van der Waals surface area contributed by atoms with Gasteiger partial charge in [-0.25, -0.2) is 0 Å². The van der Waals surface area contributed by atoms with Gasteiger partial charge in [0.15, 0.2) is 0 Å². The molecule has 3 rings (SSSR count). The molecule has 3 aromatic rings. The van der Waals surface area contributed by atoms with Gasteiger partial charge in [-0.2, -0.15) is 0 Å². The average Bonchev–Trinajstić information content (AvgIpc) is 2.73. The molecule has 0 spiro atoms. The Bertz CT molecular complexity index is 983. The maximum atomic E-state index is 11.1. The zero-order valence-corrected chi connectivity index (χ0v) is 17.7. The number of hydrogen-bond acceptors (Lipinski definition) is 3. The number of ether oxygens (including phenoxy) is 1. The quantitative estimate of drug-likeness (QED) is 0.513. The van der Waals surface area contributed by atoms with Crippen molar-refractivity contribution in [1.29, 1.82) is 0 Å². The van der Waals surface area contributed by atoms with Crippen LogP contribution in [0.2, 0.25) is 0 Å². The van der Waals surface area contributed by atoms with Crippen LogP contribution in [-0.4, -0.2) is 29.6 Å². The number of carbonyl (C=O) groups is 1. The summed E-state index contributed by atoms with van der Waals surface area (Å²) in [5.74, 6) is 0.125. The van der Waals surface area contributed by atoms with E-state index in [1.807, 2.05) is 24.3 Å². The third-order valence-electron chi connectivity index (χ3n) is 5.12. The number of rotatable bonds is 10. The third-order valence-corrected chi connectivity index (χ3v) is 5.12. The van der Waals surface area contributed by atoms with Crippen molar-refractivity contribution >= 4 is 5.97 Å². The second kappa shape index (κ2) is 10.6. The van der Waals surface area contributed by atoms with Crippen molar-refractivity contribution in [2.24, 2.45) is 0 Å². The molecule has 0 fully saturated rings. The van der Waals surface area contributed by atoms with E-state index in [9.17, 15) is 4.79 Å². The Kier molecular flexibility index (Phi) is 7.63. The van der Waals surface area contributed by atoms with Gasteiger partial charge in [-0.15, -0.1) is 0 Å². The van der Waals surface area contributed by atoms with Crippen LogP contribution in [0.4, 0.5) is 0 Å². The monoisotopic (exact) mass is 403 g/mol. The molecule has 0 saturated heterocycles. The lowest BCUT2D eigenvalue weighted by Crippen LogP contribution is -2.25. The van der Waals surface area contributed by atoms with E-state index in [2.05, 4.69) is 60.4 Å². The van der Waals surface area contributed by atoms with E-state index in [-0.39, 0.29) is 6.42 Å². The van der Waals surface area contributed by atoms with Crippen molar-refractivity contribution in [3.63, 3.8) is 0 Å². The molecule has 4 nitrogen and oxygen atoms in total. The number of para-hydroxylation sites is 1. The van der Waals surface area contributed by atoms with E-state index in [4.69, 9.17) is 9.84 Å². The molecule has 4 heteroatoms. The summed E-state index contributed by atoms with van der Waals surface area (Å²) < 4.78 is 5.48. The standard InChI is InChI=1S/C26H29NO3/c1-20-7-5-9-22(15-20)18-27(14-13-26(28)29)19-23-10-6-8-21(16-23)17-24-11-3-4-12-25(24)30-2/h3-12,15-16H,13-14,17-19H2,1-2H3,(H,28,29). The SMILES string of the molecule is COc1ccccc1Cc1cccc(CN(CCC(=O)O)Cc2cccc(C)c2)c1. The number of carboxylic acid groups (broad SMARTS) is 1. The Labute approximate surface area is 178 Å². The molecule has 30 heavy (non-hydrogen) atoms. The van der Waals surface area contributed by atoms with Crippen LogP contribution in [-0.2, 0) is 24.3 Å². The smallest absolute Gasteiger partial charge is 0.304 e. The van der Waals surface area contributed by atoms with Crippen molar-refractivity contribution in [3.8, 4) is 5.75 Å². The molecule has 0 atom stereocenters. The van der Waals surface area contributed by atoms with Gasteiger partial charge in [-0.3, -0.25) is 9.69 Å². The van der Waals surface area contributed by atoms with Crippen LogP contribution >= 0.6 is 0 Å². The van der Waals surface area contributed by atoms with Crippen LogP contribution in [0, 0.1) is 6.92 Å². The van der Waals surface area contributed by atoms with Gasteiger partial charge >= 0.3 is 5.97 Å². The second-order valence-corrected chi connectivity index (χ2v) is 7.65. The van der Waals surface area contributed by atoms with Crippen LogP contribution < -0.4 is 4.74 Å². The highest BCUT2D eigenvalue weighted by Crippen LogP contribution is 2.22. The summed E-state index contributed by atoms with van der Waals surface area (Å²) in [5.41, 5.74) is 5.96. The largest absolute Gasteiger partial charge is 0.496 e. The number of methoxy groups -OCH3 is 1. The molecule has 0 heterocycles. The summed E-state index contributed by atoms with van der Waals surface area (Å²) in [4.78, 5) is 13.3. The molecule has 0 unspecified atom stereocenters. The van der Waals surface area contributed by atoms with E-state index in [0.717, 1.165) is 24.3 Å². The van der Waals surface area contributed by atoms with E-state index < -0.39 is 5.97 Å². The Morgan fingerprint density at radius 2 is 1.57 bits per heavy atom. The van der Waals surface area contributed by atoms with E-state index in [1.54, 1.807) is 7.11 Å². The number of aryl methyl sites for hydroxylation is 1. The summed E-state index contributed by atoms with van der Waals surface area (Å²) in [6, 6.07) is 25.0. The number of nitrogens with zero attached hydrogens (tertiary/aromatic N) is 1. The normalized spacial score (nSPS) is 10.9. The van der Waals surface area contributed by atoms with Gasteiger partial charge < -0.3 is 9.84 Å². The highest BCUT2D eigenvalue weighted by molar-refractivity contribution is 5.66. The lowest BCUT2D eigenvalue weighted by atomic mass is 10.0. The minimum Gasteiger partial charge on any atom is -0.496 e. The van der Waals surface area contributed by atoms with Crippen LogP contribution in [0.1, 0.15) is 34.2 Å². The summed E-state index contributed by atoms with van der Waals surface area (Å²) in [7, 11) is 1.70. The molecule has 0 radical (unpaired) electrons. The molecule has 0 aliphatic rings. The summed E-state index contributed by atoms with van der Waals surface area (Å²) in [6.07, 6.45) is 0.928. The van der Waals surface area contributed by atoms with Crippen LogP contribution in [0.3, 0.4) is 0 Å². The van der Waals surface area contributed by atoms with E-state index >= 15 is 0 Å². The summed E-state index contributed by atoms with van der Waals surface area (Å²) in [6.45, 7) is 4.03. The van der Waals surface area contributed by atoms with Crippen molar-refractivity contribution < 1.29 is 14.6 Å². The molecule has 0 aromatic heterocycles. The van der Waals surface area contributed by atoms with Crippen molar-refractivity contribution in [2.75, 3.05) is 13.7 Å². The molecule has 0 amide bonds. The molecule has 0 aliphatic carbocycles. The maximum absolute atomic E-state index is 11.1. The average molecular weight is 404 g/mol. The minimum absolute atomic E-state index is 0.132. The zero-order valence-electron chi connectivity index (χ0n) is 17.7. The lowest BCUT2D eigenvalue weighted by molar-refractivity contribution is -0.137. The molecule has 0 aliphatic heterocycles. The highest BCUT2D eigenvalue weighted by atomic mass is 16.5. The first kappa shape index (κ1) is 21.6. The maximum Gasteiger partial charge on any atom is 0.304 e. The molecular weight excluding hydrogens is 374 g/mol. The fraction of sp³-hybridized carbons (Fsp3) is 0.269. The predicted molar refractivity (Wildman–Crippen MR) is 120 cm³/mol. The van der Waals surface area contributed by atoms with Gasteiger partial charge in [0.05, 0.1) is 13.5 Å². The molecule has 1 N–H and O–H groups in total. The first-order chi connectivity index (χ1) is 14.5. The van der Waals surface area contributed by atoms with Gasteiger partial charge in [0.2, 0.25) is 0 Å². The van der Waals surface area contributed by atoms with Gasteiger partial charge in [0.25, 0.3) is 0 Å². The van der Waals surface area contributed by atoms with Crippen molar-refractivity contribution in [1.82, 2.24) is 4.90 Å². The topological polar surface area (TPSA) is 49.8 Å². The fourth-order valence-corrected chi connectivity index (χ4v) is 3.70. The van der Waals surface area contributed by atoms with Crippen LogP contribution in [0.25, 0.3) is 0 Å². The lowest BCUT2D eigenvalue weighted by Gasteiger charge is -2.22. The Balaban J connectivity index is 1.75. The highest BCUT2D eigenvalue weighted by Gasteiger charge is 2.11. The number of hydrogen-bond donors (Lipinski definition) is 1. The molecular formula is C26H29NO3. The molecule has 156 valence electrons. The third kappa shape index (κ3) is 6.46. The Morgan fingerprint density at radius 1 is 0.900 bits per heavy atom. The zero-order chi connectivity index (χ0) is 21.3. The van der Waals surface area contributed by atoms with Gasteiger partial charge in [0.1, 0.15) is 5.75 Å². The number of benzene rings is 3. The number of carboxylic acids is 1. The number of aliphatic carboxylic acids is 1. The fourth-order valence-electron chi connectivity index (χ4n) is 3.70. The first-order valence-electron chi connectivity index (χ1n) is 10.2. The Hall–Kier alpha value is -3.11.